The molecule has 0 heterocycles. The third-order valence-corrected chi connectivity index (χ3v) is 3.75. The number of hydrogen-bond donors (Lipinski definition) is 0. The molecule has 0 aliphatic heterocycles. The first-order valence-corrected chi connectivity index (χ1v) is 5.17. The van der Waals surface area contributed by atoms with Gasteiger partial charge in [-0.25, -0.2) is 0 Å². The minimum Gasteiger partial charge on any atom is -0.0861 e. The van der Waals surface area contributed by atoms with Gasteiger partial charge >= 0.3 is 0 Å². The number of hydrogen-bond acceptors (Lipinski definition) is 0. The minimum atomic E-state index is 0.965. The molecule has 2 aliphatic rings. The molecule has 0 aromatic heterocycles. The molecule has 50 valence electrons. The zero-order chi connectivity index (χ0) is 6.27. The average molecular weight is 234 g/mol. The molecule has 9 heavy (non-hydrogen) atoms. The van der Waals surface area contributed by atoms with Crippen molar-refractivity contribution in [3.05, 3.63) is 12.2 Å². The van der Waals surface area contributed by atoms with Crippen LogP contribution in [-0.4, -0.2) is 4.43 Å². The first kappa shape index (κ1) is 6.20. The molecular weight excluding hydrogens is 223 g/mol. The van der Waals surface area contributed by atoms with Crippen molar-refractivity contribution in [3.8, 4) is 0 Å². The van der Waals surface area contributed by atoms with E-state index in [-0.39, 0.29) is 0 Å². The van der Waals surface area contributed by atoms with Gasteiger partial charge < -0.3 is 0 Å². The molecule has 2 bridgehead atoms. The fraction of sp³-hybridized carbons (Fsp3) is 0.750. The summed E-state index contributed by atoms with van der Waals surface area (Å²) in [5.41, 5.74) is 0. The van der Waals surface area contributed by atoms with Gasteiger partial charge in [0.05, 0.1) is 0 Å². The molecule has 3 atom stereocenters. The first-order valence-electron chi connectivity index (χ1n) is 3.64. The summed E-state index contributed by atoms with van der Waals surface area (Å²) in [4.78, 5) is 0. The topological polar surface area (TPSA) is 0 Å². The van der Waals surface area contributed by atoms with E-state index in [0.29, 0.717) is 0 Å². The molecular formula is C8H11I. The Balaban J connectivity index is 2.10. The van der Waals surface area contributed by atoms with Crippen LogP contribution in [0, 0.1) is 17.8 Å². The predicted molar refractivity (Wildman–Crippen MR) is 47.7 cm³/mol. The number of alkyl halides is 1. The van der Waals surface area contributed by atoms with Crippen LogP contribution in [0.2, 0.25) is 0 Å². The van der Waals surface area contributed by atoms with E-state index in [1.165, 1.54) is 17.3 Å². The third kappa shape index (κ3) is 0.935. The van der Waals surface area contributed by atoms with Crippen molar-refractivity contribution < 1.29 is 0 Å². The maximum absolute atomic E-state index is 2.51. The van der Waals surface area contributed by atoms with Crippen molar-refractivity contribution in [1.82, 2.24) is 0 Å². The van der Waals surface area contributed by atoms with Gasteiger partial charge in [0.2, 0.25) is 0 Å². The van der Waals surface area contributed by atoms with Crippen molar-refractivity contribution in [2.75, 3.05) is 4.43 Å². The molecule has 0 N–H and O–H groups in total. The van der Waals surface area contributed by atoms with E-state index in [0.717, 1.165) is 17.8 Å². The molecule has 1 saturated carbocycles. The van der Waals surface area contributed by atoms with Crippen LogP contribution in [0.15, 0.2) is 12.2 Å². The van der Waals surface area contributed by atoms with Crippen LogP contribution < -0.4 is 0 Å². The second-order valence-electron chi connectivity index (χ2n) is 3.19. The molecule has 1 fully saturated rings. The highest BCUT2D eigenvalue weighted by Gasteiger charge is 2.34. The van der Waals surface area contributed by atoms with E-state index in [1.54, 1.807) is 0 Å². The fourth-order valence-corrected chi connectivity index (χ4v) is 3.08. The molecule has 0 spiro atoms. The molecule has 2 aliphatic carbocycles. The van der Waals surface area contributed by atoms with E-state index < -0.39 is 0 Å². The van der Waals surface area contributed by atoms with Gasteiger partial charge in [0.15, 0.2) is 0 Å². The largest absolute Gasteiger partial charge is 0.0861 e. The Bertz CT molecular complexity index is 140. The van der Waals surface area contributed by atoms with Gasteiger partial charge in [-0.2, -0.15) is 0 Å². The highest BCUT2D eigenvalue weighted by Crippen LogP contribution is 2.43. The lowest BCUT2D eigenvalue weighted by atomic mass is 9.96. The Morgan fingerprint density at radius 1 is 1.33 bits per heavy atom. The lowest BCUT2D eigenvalue weighted by Crippen LogP contribution is -2.07. The maximum Gasteiger partial charge on any atom is 0.00295 e. The standard InChI is InChI=1S/C8H11I/c9-5-8-4-6-1-2-7(8)3-6/h1-2,6-8H,3-5H2/t6-,7-,8-/m0/s1. The summed E-state index contributed by atoms with van der Waals surface area (Å²) in [6.45, 7) is 0. The fourth-order valence-electron chi connectivity index (χ4n) is 2.07. The molecule has 1 heteroatoms. The summed E-state index contributed by atoms with van der Waals surface area (Å²) >= 11 is 2.51. The molecule has 2 rings (SSSR count). The Morgan fingerprint density at radius 2 is 2.22 bits per heavy atom. The average Bonchev–Trinajstić information content (AvgIpc) is 2.45. The Labute approximate surface area is 69.9 Å². The monoisotopic (exact) mass is 234 g/mol. The number of halogens is 1. The van der Waals surface area contributed by atoms with Gasteiger partial charge in [0, 0.05) is 4.43 Å². The van der Waals surface area contributed by atoms with E-state index in [2.05, 4.69) is 34.7 Å². The second-order valence-corrected chi connectivity index (χ2v) is 4.08. The van der Waals surface area contributed by atoms with Gasteiger partial charge in [-0.15, -0.1) is 0 Å². The zero-order valence-electron chi connectivity index (χ0n) is 5.39. The van der Waals surface area contributed by atoms with E-state index in [1.807, 2.05) is 0 Å². The number of fused-ring (bicyclic) bond motifs is 2. The van der Waals surface area contributed by atoms with Gasteiger partial charge in [-0.05, 0) is 30.6 Å². The molecule has 0 aromatic carbocycles. The summed E-state index contributed by atoms with van der Waals surface area (Å²) in [6.07, 6.45) is 7.78. The predicted octanol–water partition coefficient (Wildman–Crippen LogP) is 2.63. The van der Waals surface area contributed by atoms with E-state index in [9.17, 15) is 0 Å². The van der Waals surface area contributed by atoms with Crippen molar-refractivity contribution in [3.63, 3.8) is 0 Å². The van der Waals surface area contributed by atoms with Crippen LogP contribution in [0.5, 0.6) is 0 Å². The van der Waals surface area contributed by atoms with Crippen molar-refractivity contribution in [1.29, 1.82) is 0 Å². The smallest absolute Gasteiger partial charge is 0.00295 e. The SMILES string of the molecule is IC[C@@H]1C[C@H]2C=C[C@H]1C2. The molecule has 0 amide bonds. The van der Waals surface area contributed by atoms with Crippen LogP contribution in [-0.2, 0) is 0 Å². The molecule has 0 radical (unpaired) electrons. The Kier molecular flexibility index (Phi) is 1.55. The van der Waals surface area contributed by atoms with Crippen LogP contribution in [0.1, 0.15) is 12.8 Å². The second kappa shape index (κ2) is 2.26. The maximum atomic E-state index is 2.51. The van der Waals surface area contributed by atoms with Gasteiger partial charge in [-0.1, -0.05) is 34.7 Å². The molecule has 0 aromatic rings. The van der Waals surface area contributed by atoms with Crippen LogP contribution >= 0.6 is 22.6 Å². The normalized spacial score (nSPS) is 46.6. The summed E-state index contributed by atoms with van der Waals surface area (Å²) in [5.74, 6) is 2.96. The number of rotatable bonds is 1. The summed E-state index contributed by atoms with van der Waals surface area (Å²) in [7, 11) is 0. The summed E-state index contributed by atoms with van der Waals surface area (Å²) in [5, 5.41) is 0. The first-order chi connectivity index (χ1) is 4.40. The quantitative estimate of drug-likeness (QED) is 0.371. The van der Waals surface area contributed by atoms with Gasteiger partial charge in [0.1, 0.15) is 0 Å². The number of allylic oxidation sites excluding steroid dienone is 2. The van der Waals surface area contributed by atoms with E-state index >= 15 is 0 Å². The van der Waals surface area contributed by atoms with Gasteiger partial charge in [-0.3, -0.25) is 0 Å². The lowest BCUT2D eigenvalue weighted by Gasteiger charge is -2.13. The Morgan fingerprint density at radius 3 is 2.56 bits per heavy atom. The molecule has 0 unspecified atom stereocenters. The summed E-state index contributed by atoms with van der Waals surface area (Å²) < 4.78 is 1.36. The third-order valence-electron chi connectivity index (χ3n) is 2.61. The molecule has 0 nitrogen and oxygen atoms in total. The minimum absolute atomic E-state index is 0.965. The summed E-state index contributed by atoms with van der Waals surface area (Å²) in [6, 6.07) is 0. The van der Waals surface area contributed by atoms with Crippen molar-refractivity contribution in [2.24, 2.45) is 17.8 Å². The van der Waals surface area contributed by atoms with Crippen LogP contribution in [0.25, 0.3) is 0 Å². The van der Waals surface area contributed by atoms with Crippen molar-refractivity contribution >= 4 is 22.6 Å². The Hall–Kier alpha value is 0.470. The van der Waals surface area contributed by atoms with Gasteiger partial charge in [0.25, 0.3) is 0 Å². The van der Waals surface area contributed by atoms with Crippen LogP contribution in [0.4, 0.5) is 0 Å². The van der Waals surface area contributed by atoms with Crippen molar-refractivity contribution in [2.45, 2.75) is 12.8 Å². The van der Waals surface area contributed by atoms with E-state index in [4.69, 9.17) is 0 Å². The van der Waals surface area contributed by atoms with Crippen LogP contribution in [0.3, 0.4) is 0 Å². The molecule has 0 saturated heterocycles. The highest BCUT2D eigenvalue weighted by atomic mass is 127. The highest BCUT2D eigenvalue weighted by molar-refractivity contribution is 14.1. The zero-order valence-corrected chi connectivity index (χ0v) is 7.54. The lowest BCUT2D eigenvalue weighted by molar-refractivity contribution is 0.509.